The highest BCUT2D eigenvalue weighted by Crippen LogP contribution is 2.10. The molecule has 1 aromatic rings. The van der Waals surface area contributed by atoms with Gasteiger partial charge in [-0.2, -0.15) is 5.26 Å². The van der Waals surface area contributed by atoms with Crippen LogP contribution in [0.5, 0.6) is 0 Å². The summed E-state index contributed by atoms with van der Waals surface area (Å²) in [6.45, 7) is 2.04. The molecule has 0 saturated heterocycles. The second-order valence-electron chi connectivity index (χ2n) is 4.82. The Labute approximate surface area is 124 Å². The molecule has 0 aliphatic rings. The van der Waals surface area contributed by atoms with E-state index in [1.807, 2.05) is 12.1 Å². The molecule has 0 heterocycles. The fraction of sp³-hybridized carbons (Fsp3) is 0.400. The van der Waals surface area contributed by atoms with Crippen LogP contribution in [0.4, 0.5) is 4.79 Å². The van der Waals surface area contributed by atoms with Gasteiger partial charge in [0.05, 0.1) is 11.6 Å². The zero-order valence-electron chi connectivity index (χ0n) is 12.4. The second-order valence-corrected chi connectivity index (χ2v) is 4.82. The van der Waals surface area contributed by atoms with Crippen LogP contribution < -0.4 is 0 Å². The van der Waals surface area contributed by atoms with Crippen molar-refractivity contribution in [2.45, 2.75) is 25.9 Å². The smallest absolute Gasteiger partial charge is 0.326 e. The minimum absolute atomic E-state index is 0.314. The van der Waals surface area contributed by atoms with Gasteiger partial charge >= 0.3 is 12.0 Å². The fourth-order valence-corrected chi connectivity index (χ4v) is 2.10. The largest absolute Gasteiger partial charge is 0.480 e. The lowest BCUT2D eigenvalue weighted by molar-refractivity contribution is -0.142. The van der Waals surface area contributed by atoms with E-state index in [4.69, 9.17) is 10.4 Å². The highest BCUT2D eigenvalue weighted by molar-refractivity contribution is 5.82. The van der Waals surface area contributed by atoms with Crippen LogP contribution >= 0.6 is 0 Å². The van der Waals surface area contributed by atoms with Gasteiger partial charge in [-0.1, -0.05) is 19.1 Å². The van der Waals surface area contributed by atoms with Crippen molar-refractivity contribution in [2.75, 3.05) is 14.1 Å². The molecule has 0 radical (unpaired) electrons. The van der Waals surface area contributed by atoms with Gasteiger partial charge in [0.25, 0.3) is 0 Å². The summed E-state index contributed by atoms with van der Waals surface area (Å²) in [5, 5.41) is 17.9. The van der Waals surface area contributed by atoms with E-state index in [-0.39, 0.29) is 6.03 Å². The molecule has 0 fully saturated rings. The molecule has 6 nitrogen and oxygen atoms in total. The van der Waals surface area contributed by atoms with Crippen molar-refractivity contribution in [3.63, 3.8) is 0 Å². The Hall–Kier alpha value is -2.55. The summed E-state index contributed by atoms with van der Waals surface area (Å²) in [5.74, 6) is -1.02. The van der Waals surface area contributed by atoms with Crippen LogP contribution in [0.15, 0.2) is 24.3 Å². The zero-order chi connectivity index (χ0) is 16.0. The Balaban J connectivity index is 2.78. The van der Waals surface area contributed by atoms with E-state index in [2.05, 4.69) is 0 Å². The van der Waals surface area contributed by atoms with Gasteiger partial charge in [-0.15, -0.1) is 0 Å². The van der Waals surface area contributed by atoms with E-state index < -0.39 is 12.0 Å². The predicted molar refractivity (Wildman–Crippen MR) is 77.5 cm³/mol. The molecule has 6 heteroatoms. The molecule has 2 amide bonds. The van der Waals surface area contributed by atoms with Crippen LogP contribution in [0.2, 0.25) is 0 Å². The molecule has 1 rings (SSSR count). The minimum Gasteiger partial charge on any atom is -0.480 e. The molecule has 0 aliphatic heterocycles. The average Bonchev–Trinajstić information content (AvgIpc) is 2.46. The van der Waals surface area contributed by atoms with Crippen LogP contribution in [0.3, 0.4) is 0 Å². The minimum atomic E-state index is -1.02. The third kappa shape index (κ3) is 4.21. The molecule has 21 heavy (non-hydrogen) atoms. The van der Waals surface area contributed by atoms with E-state index in [1.54, 1.807) is 32.2 Å². The third-order valence-corrected chi connectivity index (χ3v) is 3.24. The number of rotatable bonds is 5. The Morgan fingerprint density at radius 2 is 2.05 bits per heavy atom. The summed E-state index contributed by atoms with van der Waals surface area (Å²) in [7, 11) is 3.08. The number of benzene rings is 1. The molecular weight excluding hydrogens is 270 g/mol. The Kier molecular flexibility index (Phi) is 5.73. The van der Waals surface area contributed by atoms with Crippen molar-refractivity contribution in [1.82, 2.24) is 9.80 Å². The lowest BCUT2D eigenvalue weighted by Crippen LogP contribution is -2.47. The third-order valence-electron chi connectivity index (χ3n) is 3.24. The summed E-state index contributed by atoms with van der Waals surface area (Å²) in [6, 6.07) is 7.80. The Morgan fingerprint density at radius 3 is 2.57 bits per heavy atom. The molecule has 0 aromatic heterocycles. The normalized spacial score (nSPS) is 11.3. The van der Waals surface area contributed by atoms with Gasteiger partial charge in [0.15, 0.2) is 0 Å². The number of carboxylic acids is 1. The van der Waals surface area contributed by atoms with Crippen LogP contribution in [0.1, 0.15) is 24.5 Å². The molecule has 0 bridgehead atoms. The first-order valence-corrected chi connectivity index (χ1v) is 6.60. The number of likely N-dealkylation sites (N-methyl/N-ethyl adjacent to an activating group) is 1. The summed E-state index contributed by atoms with van der Waals surface area (Å²) in [6.07, 6.45) is 0.343. The second kappa shape index (κ2) is 7.29. The zero-order valence-corrected chi connectivity index (χ0v) is 12.4. The van der Waals surface area contributed by atoms with Crippen molar-refractivity contribution >= 4 is 12.0 Å². The number of hydrogen-bond acceptors (Lipinski definition) is 3. The quantitative estimate of drug-likeness (QED) is 0.897. The average molecular weight is 289 g/mol. The summed E-state index contributed by atoms with van der Waals surface area (Å²) in [4.78, 5) is 26.0. The maximum Gasteiger partial charge on any atom is 0.326 e. The van der Waals surface area contributed by atoms with Crippen molar-refractivity contribution in [2.24, 2.45) is 0 Å². The van der Waals surface area contributed by atoms with Gasteiger partial charge in [0.2, 0.25) is 0 Å². The van der Waals surface area contributed by atoms with Crippen molar-refractivity contribution in [3.8, 4) is 6.07 Å². The van der Waals surface area contributed by atoms with Gasteiger partial charge < -0.3 is 14.9 Å². The van der Waals surface area contributed by atoms with E-state index in [1.165, 1.54) is 16.8 Å². The van der Waals surface area contributed by atoms with E-state index in [0.29, 0.717) is 18.5 Å². The maximum atomic E-state index is 12.2. The van der Waals surface area contributed by atoms with Gasteiger partial charge in [-0.05, 0) is 24.1 Å². The van der Waals surface area contributed by atoms with Gasteiger partial charge in [-0.25, -0.2) is 9.59 Å². The van der Waals surface area contributed by atoms with Gasteiger partial charge in [-0.3, -0.25) is 0 Å². The number of carbonyl (C=O) groups excluding carboxylic acids is 1. The van der Waals surface area contributed by atoms with E-state index in [9.17, 15) is 9.59 Å². The van der Waals surface area contributed by atoms with Crippen LogP contribution in [-0.4, -0.2) is 47.0 Å². The lowest BCUT2D eigenvalue weighted by Gasteiger charge is -2.29. The number of hydrogen-bond donors (Lipinski definition) is 1. The van der Waals surface area contributed by atoms with Crippen molar-refractivity contribution in [1.29, 1.82) is 5.26 Å². The molecule has 112 valence electrons. The predicted octanol–water partition coefficient (Wildman–Crippen LogP) is 1.91. The molecule has 0 saturated carbocycles. The lowest BCUT2D eigenvalue weighted by atomic mass is 10.1. The maximum absolute atomic E-state index is 12.2. The van der Waals surface area contributed by atoms with Crippen LogP contribution in [0, 0.1) is 11.3 Å². The number of urea groups is 1. The van der Waals surface area contributed by atoms with Gasteiger partial charge in [0.1, 0.15) is 6.04 Å². The SMILES string of the molecule is CCC(C(=O)O)N(C)C(=O)N(C)Cc1cccc(C#N)c1. The summed E-state index contributed by atoms with van der Waals surface area (Å²) in [5.41, 5.74) is 1.35. The first-order chi connectivity index (χ1) is 9.90. The van der Waals surface area contributed by atoms with Crippen molar-refractivity contribution < 1.29 is 14.7 Å². The molecular formula is C15H19N3O3. The molecule has 1 atom stereocenters. The molecule has 1 aromatic carbocycles. The summed E-state index contributed by atoms with van der Waals surface area (Å²) >= 11 is 0. The summed E-state index contributed by atoms with van der Waals surface area (Å²) < 4.78 is 0. The molecule has 1 unspecified atom stereocenters. The van der Waals surface area contributed by atoms with Crippen molar-refractivity contribution in [3.05, 3.63) is 35.4 Å². The van der Waals surface area contributed by atoms with Gasteiger partial charge in [0, 0.05) is 20.6 Å². The number of nitriles is 1. The Bertz CT molecular complexity index is 566. The first-order valence-electron chi connectivity index (χ1n) is 6.60. The number of aliphatic carboxylic acids is 1. The Morgan fingerprint density at radius 1 is 1.38 bits per heavy atom. The molecule has 0 spiro atoms. The highest BCUT2D eigenvalue weighted by atomic mass is 16.4. The number of nitrogens with zero attached hydrogens (tertiary/aromatic N) is 3. The fourth-order valence-electron chi connectivity index (χ4n) is 2.10. The topological polar surface area (TPSA) is 84.6 Å². The molecule has 0 aliphatic carbocycles. The van der Waals surface area contributed by atoms with E-state index >= 15 is 0 Å². The number of carboxylic acid groups (broad SMARTS) is 1. The standard InChI is InChI=1S/C15H19N3O3/c1-4-13(14(19)20)18(3)15(21)17(2)10-12-7-5-6-11(8-12)9-16/h5-8,13H,4,10H2,1-3H3,(H,19,20). The first kappa shape index (κ1) is 16.5. The van der Waals surface area contributed by atoms with Crippen LogP contribution in [0.25, 0.3) is 0 Å². The highest BCUT2D eigenvalue weighted by Gasteiger charge is 2.26. The number of carbonyl (C=O) groups is 2. The number of amides is 2. The van der Waals surface area contributed by atoms with Crippen LogP contribution in [-0.2, 0) is 11.3 Å². The van der Waals surface area contributed by atoms with E-state index in [0.717, 1.165) is 5.56 Å². The molecule has 1 N–H and O–H groups in total. The monoisotopic (exact) mass is 289 g/mol.